The van der Waals surface area contributed by atoms with Crippen LogP contribution in [0.2, 0.25) is 0 Å². The number of carbonyl (C=O) groups is 2. The van der Waals surface area contributed by atoms with Crippen molar-refractivity contribution < 1.29 is 14.3 Å². The number of nitrogens with one attached hydrogen (secondary N) is 1. The zero-order valence-corrected chi connectivity index (χ0v) is 15.9. The van der Waals surface area contributed by atoms with Crippen molar-refractivity contribution in [1.29, 1.82) is 0 Å². The van der Waals surface area contributed by atoms with Gasteiger partial charge in [-0.15, -0.1) is 0 Å². The van der Waals surface area contributed by atoms with Gasteiger partial charge in [0.05, 0.1) is 6.42 Å². The minimum Gasteiger partial charge on any atom is -0.368 e. The molecule has 2 atom stereocenters. The van der Waals surface area contributed by atoms with Gasteiger partial charge in [-0.1, -0.05) is 0 Å². The molecule has 1 N–H and O–H groups in total. The van der Waals surface area contributed by atoms with Gasteiger partial charge in [0.1, 0.15) is 11.9 Å². The van der Waals surface area contributed by atoms with Crippen LogP contribution in [0.3, 0.4) is 0 Å². The van der Waals surface area contributed by atoms with Gasteiger partial charge in [-0.25, -0.2) is 9.97 Å². The van der Waals surface area contributed by atoms with Crippen LogP contribution in [0.1, 0.15) is 54.9 Å². The topological polar surface area (TPSA) is 84.4 Å². The summed E-state index contributed by atoms with van der Waals surface area (Å²) in [5.74, 6) is 1.02. The summed E-state index contributed by atoms with van der Waals surface area (Å²) in [5.41, 5.74) is 2.59. The molecule has 7 nitrogen and oxygen atoms in total. The van der Waals surface area contributed by atoms with Crippen LogP contribution in [0, 0.1) is 13.8 Å². The van der Waals surface area contributed by atoms with Crippen molar-refractivity contribution in [3.05, 3.63) is 22.8 Å². The average molecular weight is 360 g/mol. The predicted molar refractivity (Wildman–Crippen MR) is 96.8 cm³/mol. The summed E-state index contributed by atoms with van der Waals surface area (Å²) in [5, 5.41) is 2.81. The first-order valence-corrected chi connectivity index (χ1v) is 9.50. The summed E-state index contributed by atoms with van der Waals surface area (Å²) < 4.78 is 5.52. The second-order valence-corrected chi connectivity index (χ2v) is 7.13. The first-order valence-electron chi connectivity index (χ1n) is 9.50. The first-order chi connectivity index (χ1) is 12.5. The lowest BCUT2D eigenvalue weighted by Crippen LogP contribution is -2.37. The minimum absolute atomic E-state index is 0.00995. The number of rotatable bonds is 5. The first kappa shape index (κ1) is 18.8. The van der Waals surface area contributed by atoms with Crippen LogP contribution in [0.15, 0.2) is 0 Å². The normalized spacial score (nSPS) is 22.7. The van der Waals surface area contributed by atoms with Gasteiger partial charge in [0, 0.05) is 49.1 Å². The molecule has 142 valence electrons. The molecular weight excluding hydrogens is 332 g/mol. The summed E-state index contributed by atoms with van der Waals surface area (Å²) in [4.78, 5) is 35.6. The Balaban J connectivity index is 1.68. The molecule has 0 saturated carbocycles. The van der Waals surface area contributed by atoms with E-state index in [0.717, 1.165) is 48.6 Å². The van der Waals surface area contributed by atoms with Crippen molar-refractivity contribution in [2.45, 2.75) is 58.5 Å². The van der Waals surface area contributed by atoms with E-state index < -0.39 is 0 Å². The molecule has 1 aromatic rings. The summed E-state index contributed by atoms with van der Waals surface area (Å²) in [7, 11) is 0. The predicted octanol–water partition coefficient (Wildman–Crippen LogP) is 1.27. The largest absolute Gasteiger partial charge is 0.368 e. The molecule has 2 fully saturated rings. The summed E-state index contributed by atoms with van der Waals surface area (Å²) in [6, 6.07) is 0. The lowest BCUT2D eigenvalue weighted by molar-refractivity contribution is -0.139. The van der Waals surface area contributed by atoms with Crippen LogP contribution in [0.4, 0.5) is 0 Å². The third kappa shape index (κ3) is 4.03. The fourth-order valence-corrected chi connectivity index (χ4v) is 3.77. The van der Waals surface area contributed by atoms with Crippen molar-refractivity contribution in [2.24, 2.45) is 0 Å². The van der Waals surface area contributed by atoms with Crippen LogP contribution in [-0.4, -0.2) is 59.0 Å². The molecule has 0 bridgehead atoms. The van der Waals surface area contributed by atoms with E-state index in [1.165, 1.54) is 0 Å². The number of likely N-dealkylation sites (N-methyl/N-ethyl adjacent to an activating group) is 1. The molecule has 3 rings (SSSR count). The van der Waals surface area contributed by atoms with Gasteiger partial charge in [0.25, 0.3) is 5.91 Å². The van der Waals surface area contributed by atoms with Crippen molar-refractivity contribution in [2.75, 3.05) is 26.2 Å². The molecule has 7 heteroatoms. The highest BCUT2D eigenvalue weighted by atomic mass is 16.5. The second-order valence-electron chi connectivity index (χ2n) is 7.13. The van der Waals surface area contributed by atoms with E-state index in [0.29, 0.717) is 26.1 Å². The van der Waals surface area contributed by atoms with Gasteiger partial charge in [0.15, 0.2) is 0 Å². The van der Waals surface area contributed by atoms with E-state index >= 15 is 0 Å². The highest BCUT2D eigenvalue weighted by Crippen LogP contribution is 2.28. The highest BCUT2D eigenvalue weighted by molar-refractivity contribution is 5.81. The maximum Gasteiger partial charge on any atom is 0.251 e. The Labute approximate surface area is 154 Å². The lowest BCUT2D eigenvalue weighted by Gasteiger charge is -2.20. The van der Waals surface area contributed by atoms with Crippen LogP contribution in [-0.2, 0) is 20.7 Å². The Bertz CT molecular complexity index is 662. The summed E-state index contributed by atoms with van der Waals surface area (Å²) in [6.45, 7) is 8.43. The Morgan fingerprint density at radius 3 is 2.58 bits per heavy atom. The van der Waals surface area contributed by atoms with Crippen molar-refractivity contribution in [3.63, 3.8) is 0 Å². The number of amides is 2. The van der Waals surface area contributed by atoms with Gasteiger partial charge in [-0.05, 0) is 40.0 Å². The van der Waals surface area contributed by atoms with Crippen LogP contribution in [0.5, 0.6) is 0 Å². The van der Waals surface area contributed by atoms with Crippen LogP contribution in [0.25, 0.3) is 0 Å². The van der Waals surface area contributed by atoms with E-state index in [9.17, 15) is 9.59 Å². The maximum atomic E-state index is 12.5. The van der Waals surface area contributed by atoms with Crippen LogP contribution < -0.4 is 5.32 Å². The van der Waals surface area contributed by atoms with E-state index in [4.69, 9.17) is 4.74 Å². The molecule has 0 aliphatic carbocycles. The number of aryl methyl sites for hydroxylation is 2. The van der Waals surface area contributed by atoms with Gasteiger partial charge in [-0.2, -0.15) is 0 Å². The number of hydrogen-bond donors (Lipinski definition) is 1. The highest BCUT2D eigenvalue weighted by Gasteiger charge is 2.34. The maximum absolute atomic E-state index is 12.5. The number of hydrogen-bond acceptors (Lipinski definition) is 5. The quantitative estimate of drug-likeness (QED) is 0.855. The van der Waals surface area contributed by atoms with E-state index in [-0.39, 0.29) is 23.8 Å². The molecular formula is C19H28N4O3. The molecule has 26 heavy (non-hydrogen) atoms. The van der Waals surface area contributed by atoms with Gasteiger partial charge in [0.2, 0.25) is 5.91 Å². The van der Waals surface area contributed by atoms with Crippen molar-refractivity contribution in [1.82, 2.24) is 20.2 Å². The molecule has 1 aromatic heterocycles. The Hall–Kier alpha value is -2.02. The minimum atomic E-state index is -0.266. The van der Waals surface area contributed by atoms with E-state index in [2.05, 4.69) is 15.3 Å². The zero-order chi connectivity index (χ0) is 18.7. The smallest absolute Gasteiger partial charge is 0.251 e. The molecule has 3 heterocycles. The fraction of sp³-hybridized carbons (Fsp3) is 0.684. The van der Waals surface area contributed by atoms with Crippen LogP contribution >= 0.6 is 0 Å². The number of likely N-dealkylation sites (tertiary alicyclic amines) is 1. The number of aromatic nitrogens is 2. The third-order valence-electron chi connectivity index (χ3n) is 5.22. The Morgan fingerprint density at radius 2 is 1.96 bits per heavy atom. The zero-order valence-electron chi connectivity index (χ0n) is 15.9. The Morgan fingerprint density at radius 1 is 1.23 bits per heavy atom. The molecule has 2 aliphatic rings. The summed E-state index contributed by atoms with van der Waals surface area (Å²) in [6.07, 6.45) is 2.69. The monoisotopic (exact) mass is 360 g/mol. The second kappa shape index (κ2) is 8.12. The number of ether oxygens (including phenoxy) is 1. The average Bonchev–Trinajstić information content (AvgIpc) is 3.29. The third-order valence-corrected chi connectivity index (χ3v) is 5.22. The number of carbonyl (C=O) groups excluding carboxylic acids is 2. The fourth-order valence-electron chi connectivity index (χ4n) is 3.77. The molecule has 0 unspecified atom stereocenters. The van der Waals surface area contributed by atoms with Gasteiger partial charge < -0.3 is 15.0 Å². The summed E-state index contributed by atoms with van der Waals surface area (Å²) >= 11 is 0. The lowest BCUT2D eigenvalue weighted by atomic mass is 10.0. The SMILES string of the molecule is CCNC(=O)Cc1c(C)nc([C@H]2CCN(C(=O)[C@@H]3CCCO3)C2)nc1C. The standard InChI is InChI=1S/C19H28N4O3/c1-4-20-17(24)10-15-12(2)21-18(22-13(15)3)14-7-8-23(11-14)19(25)16-6-5-9-26-16/h14,16H,4-11H2,1-3H3,(H,20,24)/t14-,16-/m0/s1. The van der Waals surface area contributed by atoms with E-state index in [1.807, 2.05) is 25.7 Å². The molecule has 0 aromatic carbocycles. The number of nitrogens with zero attached hydrogens (tertiary/aromatic N) is 3. The molecule has 2 amide bonds. The molecule has 0 radical (unpaired) electrons. The van der Waals surface area contributed by atoms with Crippen molar-refractivity contribution in [3.8, 4) is 0 Å². The van der Waals surface area contributed by atoms with Crippen molar-refractivity contribution >= 4 is 11.8 Å². The van der Waals surface area contributed by atoms with Gasteiger partial charge >= 0.3 is 0 Å². The van der Waals surface area contributed by atoms with Gasteiger partial charge in [-0.3, -0.25) is 9.59 Å². The van der Waals surface area contributed by atoms with E-state index in [1.54, 1.807) is 0 Å². The molecule has 0 spiro atoms. The molecule has 2 saturated heterocycles. The Kier molecular flexibility index (Phi) is 5.86. The molecule has 2 aliphatic heterocycles.